The number of methoxy groups -OCH3 is 1. The van der Waals surface area contributed by atoms with Gasteiger partial charge in [-0.15, -0.1) is 11.8 Å². The molecule has 0 radical (unpaired) electrons. The van der Waals surface area contributed by atoms with Gasteiger partial charge in [-0.25, -0.2) is 9.97 Å². The van der Waals surface area contributed by atoms with E-state index in [1.165, 1.54) is 18.9 Å². The molecule has 0 amide bonds. The van der Waals surface area contributed by atoms with E-state index in [0.29, 0.717) is 0 Å². The van der Waals surface area contributed by atoms with E-state index in [-0.39, 0.29) is 11.7 Å². The van der Waals surface area contributed by atoms with Crippen molar-refractivity contribution in [3.8, 4) is 11.4 Å². The van der Waals surface area contributed by atoms with Crippen molar-refractivity contribution in [3.63, 3.8) is 0 Å². The van der Waals surface area contributed by atoms with Crippen molar-refractivity contribution in [2.45, 2.75) is 11.8 Å². The molecule has 118 valence electrons. The normalized spacial score (nSPS) is 10.9. The number of esters is 1. The first kappa shape index (κ1) is 15.5. The molecule has 0 aliphatic carbocycles. The summed E-state index contributed by atoms with van der Waals surface area (Å²) in [6.45, 7) is 1.99. The summed E-state index contributed by atoms with van der Waals surface area (Å²) in [5.41, 5.74) is 3.67. The minimum absolute atomic E-state index is 0.233. The molecule has 0 saturated heterocycles. The average Bonchev–Trinajstić information content (AvgIpc) is 2.88. The fraction of sp³-hybridized carbons (Fsp3) is 0.250. The number of aryl methyl sites for hydroxylation is 2. The van der Waals surface area contributed by atoms with Crippen molar-refractivity contribution >= 4 is 28.9 Å². The zero-order valence-corrected chi connectivity index (χ0v) is 13.9. The molecular formula is C16H16N4O2S. The van der Waals surface area contributed by atoms with Crippen molar-refractivity contribution in [2.24, 2.45) is 7.05 Å². The summed E-state index contributed by atoms with van der Waals surface area (Å²) >= 11 is 1.39. The first-order valence-corrected chi connectivity index (χ1v) is 8.02. The number of rotatable bonds is 4. The summed E-state index contributed by atoms with van der Waals surface area (Å²) < 4.78 is 6.64. The Kier molecular flexibility index (Phi) is 4.29. The first-order chi connectivity index (χ1) is 11.1. The summed E-state index contributed by atoms with van der Waals surface area (Å²) in [5, 5.41) is 0. The maximum absolute atomic E-state index is 11.4. The molecule has 6 nitrogen and oxygen atoms in total. The quantitative estimate of drug-likeness (QED) is 0.541. The van der Waals surface area contributed by atoms with E-state index in [2.05, 4.69) is 9.97 Å². The highest BCUT2D eigenvalue weighted by Gasteiger charge is 2.15. The number of ether oxygens (including phenoxy) is 1. The Morgan fingerprint density at radius 3 is 3.00 bits per heavy atom. The first-order valence-electron chi connectivity index (χ1n) is 7.03. The number of imidazole rings is 1. The van der Waals surface area contributed by atoms with E-state index in [4.69, 9.17) is 9.72 Å². The lowest BCUT2D eigenvalue weighted by molar-refractivity contribution is -0.137. The highest BCUT2D eigenvalue weighted by molar-refractivity contribution is 8.00. The lowest BCUT2D eigenvalue weighted by atomic mass is 10.2. The Labute approximate surface area is 137 Å². The molecule has 0 unspecified atom stereocenters. The molecule has 0 N–H and O–H groups in total. The minimum Gasteiger partial charge on any atom is -0.468 e. The molecule has 3 heterocycles. The number of thioether (sulfide) groups is 1. The van der Waals surface area contributed by atoms with Crippen LogP contribution in [0, 0.1) is 6.92 Å². The number of carbonyl (C=O) groups is 1. The van der Waals surface area contributed by atoms with Crippen LogP contribution < -0.4 is 0 Å². The second-order valence-electron chi connectivity index (χ2n) is 5.09. The molecule has 0 aliphatic rings. The Morgan fingerprint density at radius 1 is 1.39 bits per heavy atom. The molecule has 3 rings (SSSR count). The highest BCUT2D eigenvalue weighted by atomic mass is 32.2. The zero-order valence-electron chi connectivity index (χ0n) is 13.1. The van der Waals surface area contributed by atoms with Crippen LogP contribution in [0.2, 0.25) is 0 Å². The Bertz CT molecular complexity index is 876. The fourth-order valence-corrected chi connectivity index (χ4v) is 3.13. The number of pyridine rings is 2. The second-order valence-corrected chi connectivity index (χ2v) is 6.10. The number of hydrogen-bond acceptors (Lipinski definition) is 6. The van der Waals surface area contributed by atoms with E-state index in [1.807, 2.05) is 36.9 Å². The molecule has 0 aliphatic heterocycles. The molecule has 23 heavy (non-hydrogen) atoms. The van der Waals surface area contributed by atoms with Crippen molar-refractivity contribution in [1.82, 2.24) is 19.5 Å². The third-order valence-electron chi connectivity index (χ3n) is 3.44. The summed E-state index contributed by atoms with van der Waals surface area (Å²) in [4.78, 5) is 25.6. The molecule has 0 saturated carbocycles. The molecule has 3 aromatic heterocycles. The van der Waals surface area contributed by atoms with Crippen LogP contribution in [-0.2, 0) is 16.6 Å². The topological polar surface area (TPSA) is 69.9 Å². The molecule has 3 aromatic rings. The average molecular weight is 328 g/mol. The summed E-state index contributed by atoms with van der Waals surface area (Å²) in [5.74, 6) is 0.760. The largest absolute Gasteiger partial charge is 0.468 e. The van der Waals surface area contributed by atoms with Crippen molar-refractivity contribution in [3.05, 3.63) is 36.3 Å². The van der Waals surface area contributed by atoms with Gasteiger partial charge in [0, 0.05) is 36.1 Å². The van der Waals surface area contributed by atoms with Gasteiger partial charge in [0.2, 0.25) is 0 Å². The third-order valence-corrected chi connectivity index (χ3v) is 4.46. The summed E-state index contributed by atoms with van der Waals surface area (Å²) in [6.07, 6.45) is 5.28. The van der Waals surface area contributed by atoms with E-state index >= 15 is 0 Å². The van der Waals surface area contributed by atoms with Crippen LogP contribution in [0.4, 0.5) is 0 Å². The van der Waals surface area contributed by atoms with Gasteiger partial charge in [0.1, 0.15) is 11.3 Å². The van der Waals surface area contributed by atoms with Gasteiger partial charge in [0.25, 0.3) is 0 Å². The monoisotopic (exact) mass is 328 g/mol. The summed E-state index contributed by atoms with van der Waals surface area (Å²) in [6, 6.07) is 3.90. The number of hydrogen-bond donors (Lipinski definition) is 0. The van der Waals surface area contributed by atoms with Crippen molar-refractivity contribution < 1.29 is 9.53 Å². The van der Waals surface area contributed by atoms with Crippen LogP contribution in [0.25, 0.3) is 22.6 Å². The molecule has 0 spiro atoms. The van der Waals surface area contributed by atoms with Crippen molar-refractivity contribution in [2.75, 3.05) is 12.9 Å². The van der Waals surface area contributed by atoms with Gasteiger partial charge >= 0.3 is 5.97 Å². The number of aromatic nitrogens is 4. The van der Waals surface area contributed by atoms with Crippen LogP contribution in [0.1, 0.15) is 5.56 Å². The lowest BCUT2D eigenvalue weighted by Crippen LogP contribution is -2.03. The Morgan fingerprint density at radius 2 is 2.22 bits per heavy atom. The summed E-state index contributed by atoms with van der Waals surface area (Å²) in [7, 11) is 3.31. The fourth-order valence-electron chi connectivity index (χ4n) is 2.29. The molecule has 0 atom stereocenters. The van der Waals surface area contributed by atoms with Crippen molar-refractivity contribution in [1.29, 1.82) is 0 Å². The van der Waals surface area contributed by atoms with Gasteiger partial charge in [0.15, 0.2) is 5.65 Å². The van der Waals surface area contributed by atoms with Gasteiger partial charge in [-0.1, -0.05) is 0 Å². The van der Waals surface area contributed by atoms with Crippen LogP contribution in [0.5, 0.6) is 0 Å². The highest BCUT2D eigenvalue weighted by Crippen LogP contribution is 2.31. The zero-order chi connectivity index (χ0) is 16.4. The maximum Gasteiger partial charge on any atom is 0.315 e. The van der Waals surface area contributed by atoms with Gasteiger partial charge in [-0.05, 0) is 24.6 Å². The molecule has 0 fully saturated rings. The van der Waals surface area contributed by atoms with E-state index in [1.54, 1.807) is 12.4 Å². The minimum atomic E-state index is -0.271. The van der Waals surface area contributed by atoms with E-state index in [0.717, 1.165) is 33.0 Å². The van der Waals surface area contributed by atoms with Gasteiger partial charge in [-0.2, -0.15) is 0 Å². The lowest BCUT2D eigenvalue weighted by Gasteiger charge is -2.08. The van der Waals surface area contributed by atoms with Crippen LogP contribution in [0.15, 0.2) is 35.6 Å². The predicted molar refractivity (Wildman–Crippen MR) is 89.2 cm³/mol. The number of fused-ring (bicyclic) bond motifs is 1. The van der Waals surface area contributed by atoms with Crippen LogP contribution >= 0.6 is 11.8 Å². The van der Waals surface area contributed by atoms with E-state index in [9.17, 15) is 4.79 Å². The predicted octanol–water partition coefficient (Wildman–Crippen LogP) is 2.60. The third kappa shape index (κ3) is 3.05. The maximum atomic E-state index is 11.4. The number of nitrogens with zero attached hydrogens (tertiary/aromatic N) is 4. The van der Waals surface area contributed by atoms with Crippen LogP contribution in [-0.4, -0.2) is 38.4 Å². The van der Waals surface area contributed by atoms with Gasteiger partial charge in [0.05, 0.1) is 12.9 Å². The molecule has 0 bridgehead atoms. The second kappa shape index (κ2) is 6.37. The van der Waals surface area contributed by atoms with Gasteiger partial charge in [-0.3, -0.25) is 9.78 Å². The standard InChI is InChI=1S/C16H16N4O2S/c1-10-6-12-16(18-7-10)20(2)15(19-12)11-4-5-17-8-13(11)23-9-14(21)22-3/h4-8H,9H2,1-3H3. The van der Waals surface area contributed by atoms with Gasteiger partial charge < -0.3 is 9.30 Å². The van der Waals surface area contributed by atoms with Crippen LogP contribution in [0.3, 0.4) is 0 Å². The molecule has 7 heteroatoms. The SMILES string of the molecule is COC(=O)CSc1cnccc1-c1nc2cc(C)cnc2n1C. The number of carbonyl (C=O) groups excluding carboxylic acids is 1. The Hall–Kier alpha value is -2.41. The molecular weight excluding hydrogens is 312 g/mol. The smallest absolute Gasteiger partial charge is 0.315 e. The molecule has 0 aromatic carbocycles. The Balaban J connectivity index is 2.05. The van der Waals surface area contributed by atoms with E-state index < -0.39 is 0 Å².